The van der Waals surface area contributed by atoms with Gasteiger partial charge in [0, 0.05) is 24.3 Å². The molecule has 1 aliphatic heterocycles. The molecule has 2 aromatic rings. The Morgan fingerprint density at radius 1 is 0.974 bits per heavy atom. The summed E-state index contributed by atoms with van der Waals surface area (Å²) in [6, 6.07) is 18.4. The van der Waals surface area contributed by atoms with Crippen molar-refractivity contribution in [3.63, 3.8) is 0 Å². The summed E-state index contributed by atoms with van der Waals surface area (Å²) in [7, 11) is 2.04. The number of benzene rings is 2. The lowest BCUT2D eigenvalue weighted by atomic mass is 9.77. The average Bonchev–Trinajstić information content (AvgIpc) is 3.33. The lowest BCUT2D eigenvalue weighted by molar-refractivity contribution is 0.410. The van der Waals surface area contributed by atoms with Crippen LogP contribution in [0.1, 0.15) is 117 Å². The molecule has 0 aromatic heterocycles. The first-order valence-electron chi connectivity index (χ1n) is 15.3. The molecule has 210 valence electrons. The third-order valence-corrected chi connectivity index (χ3v) is 8.82. The van der Waals surface area contributed by atoms with Gasteiger partial charge in [-0.1, -0.05) is 64.0 Å². The molecule has 1 heterocycles. The van der Waals surface area contributed by atoms with Gasteiger partial charge in [0.2, 0.25) is 0 Å². The quantitative estimate of drug-likeness (QED) is 0.207. The molecule has 4 unspecified atom stereocenters. The van der Waals surface area contributed by atoms with E-state index in [4.69, 9.17) is 5.26 Å². The van der Waals surface area contributed by atoms with Crippen LogP contribution >= 0.6 is 0 Å². The largest absolute Gasteiger partial charge is 0.385 e. The molecular weight excluding hydrogens is 478 g/mol. The number of nitrogens with one attached hydrogen (secondary N) is 4. The Bertz CT molecular complexity index is 1100. The Balaban J connectivity index is 1.45. The van der Waals surface area contributed by atoms with Crippen molar-refractivity contribution in [1.29, 1.82) is 5.26 Å². The predicted molar refractivity (Wildman–Crippen MR) is 164 cm³/mol. The molecule has 0 spiro atoms. The first-order chi connectivity index (χ1) is 19.1. The number of nitrogens with zero attached hydrogens (tertiary/aromatic N) is 1. The molecule has 2 aliphatic rings. The molecule has 0 bridgehead atoms. The van der Waals surface area contributed by atoms with E-state index in [1.165, 1.54) is 54.4 Å². The van der Waals surface area contributed by atoms with Crippen molar-refractivity contribution in [1.82, 2.24) is 21.3 Å². The van der Waals surface area contributed by atoms with E-state index >= 15 is 0 Å². The fourth-order valence-electron chi connectivity index (χ4n) is 6.33. The lowest BCUT2D eigenvalue weighted by Crippen LogP contribution is -2.35. The maximum atomic E-state index is 9.14. The molecule has 1 saturated carbocycles. The highest BCUT2D eigenvalue weighted by Gasteiger charge is 2.35. The average molecular weight is 528 g/mol. The second kappa shape index (κ2) is 14.7. The van der Waals surface area contributed by atoms with Crippen LogP contribution in [0, 0.1) is 11.3 Å². The molecule has 4 atom stereocenters. The first-order valence-corrected chi connectivity index (χ1v) is 15.3. The molecule has 2 fully saturated rings. The summed E-state index contributed by atoms with van der Waals surface area (Å²) < 4.78 is 0. The minimum absolute atomic E-state index is 0.192. The highest BCUT2D eigenvalue weighted by Crippen LogP contribution is 2.41. The summed E-state index contributed by atoms with van der Waals surface area (Å²) in [6.45, 7) is 10.9. The van der Waals surface area contributed by atoms with Crippen LogP contribution in [0.25, 0.3) is 5.70 Å². The zero-order valence-electron chi connectivity index (χ0n) is 24.4. The van der Waals surface area contributed by atoms with Crippen molar-refractivity contribution >= 4 is 5.70 Å². The summed E-state index contributed by atoms with van der Waals surface area (Å²) >= 11 is 0. The SMILES string of the molecule is C=C(NCCC(CCC)c1ccc(C#N)cc1)c1ccc(C2CCC2)c(C2NC(CCC)C(CCNC)N2)c1. The highest BCUT2D eigenvalue weighted by molar-refractivity contribution is 5.63. The summed E-state index contributed by atoms with van der Waals surface area (Å²) in [4.78, 5) is 0. The summed E-state index contributed by atoms with van der Waals surface area (Å²) in [6.07, 6.45) is 11.0. The normalized spacial score (nSPS) is 21.7. The Labute approximate surface area is 236 Å². The van der Waals surface area contributed by atoms with E-state index in [-0.39, 0.29) is 6.17 Å². The second-order valence-electron chi connectivity index (χ2n) is 11.5. The van der Waals surface area contributed by atoms with E-state index in [1.807, 2.05) is 19.2 Å². The topological polar surface area (TPSA) is 71.9 Å². The van der Waals surface area contributed by atoms with Crippen LogP contribution in [-0.2, 0) is 0 Å². The van der Waals surface area contributed by atoms with E-state index < -0.39 is 0 Å². The minimum Gasteiger partial charge on any atom is -0.385 e. The van der Waals surface area contributed by atoms with E-state index in [0.717, 1.165) is 50.0 Å². The molecule has 4 rings (SSSR count). The molecule has 1 aliphatic carbocycles. The van der Waals surface area contributed by atoms with Crippen molar-refractivity contribution < 1.29 is 0 Å². The van der Waals surface area contributed by atoms with E-state index in [0.29, 0.717) is 23.9 Å². The smallest absolute Gasteiger partial charge is 0.0991 e. The van der Waals surface area contributed by atoms with Gasteiger partial charge in [-0.25, -0.2) is 0 Å². The Kier molecular flexibility index (Phi) is 11.0. The minimum atomic E-state index is 0.192. The Morgan fingerprint density at radius 2 is 1.72 bits per heavy atom. The monoisotopic (exact) mass is 527 g/mol. The zero-order chi connectivity index (χ0) is 27.6. The molecule has 5 heteroatoms. The Morgan fingerprint density at radius 3 is 2.33 bits per heavy atom. The fraction of sp³-hybridized carbons (Fsp3) is 0.559. The summed E-state index contributed by atoms with van der Waals surface area (Å²) in [5.41, 5.74) is 7.16. The van der Waals surface area contributed by atoms with Crippen molar-refractivity contribution in [2.45, 2.75) is 102 Å². The zero-order valence-corrected chi connectivity index (χ0v) is 24.4. The lowest BCUT2D eigenvalue weighted by Gasteiger charge is -2.30. The van der Waals surface area contributed by atoms with Gasteiger partial charge in [-0.2, -0.15) is 5.26 Å². The summed E-state index contributed by atoms with van der Waals surface area (Å²) in [5.74, 6) is 1.17. The standard InChI is InChI=1S/C34H49N5/c1-5-8-26(27-14-12-25(23-35)13-15-27)18-21-37-24(3)29-16-17-30(28-10-7-11-28)31(22-29)34-38-32(9-6-2)33(39-34)19-20-36-4/h12-17,22,26,28,32-34,36-39H,3,5-11,18-21H2,1-2,4H3. The van der Waals surface area contributed by atoms with Crippen LogP contribution in [-0.4, -0.2) is 32.2 Å². The van der Waals surface area contributed by atoms with Gasteiger partial charge in [0.25, 0.3) is 0 Å². The molecule has 0 amide bonds. The Hall–Kier alpha value is -2.65. The third kappa shape index (κ3) is 7.51. The predicted octanol–water partition coefficient (Wildman–Crippen LogP) is 6.70. The fourth-order valence-corrected chi connectivity index (χ4v) is 6.33. The van der Waals surface area contributed by atoms with Crippen molar-refractivity contribution in [2.24, 2.45) is 0 Å². The van der Waals surface area contributed by atoms with Gasteiger partial charge < -0.3 is 10.6 Å². The van der Waals surface area contributed by atoms with Crippen LogP contribution in [0.2, 0.25) is 0 Å². The van der Waals surface area contributed by atoms with Crippen LogP contribution in [0.3, 0.4) is 0 Å². The molecular formula is C34H49N5. The van der Waals surface area contributed by atoms with Crippen LogP contribution in [0.5, 0.6) is 0 Å². The van der Waals surface area contributed by atoms with Gasteiger partial charge in [-0.3, -0.25) is 10.6 Å². The van der Waals surface area contributed by atoms with Gasteiger partial charge in [-0.15, -0.1) is 0 Å². The van der Waals surface area contributed by atoms with Gasteiger partial charge in [0.1, 0.15) is 0 Å². The number of hydrogen-bond acceptors (Lipinski definition) is 5. The number of nitriles is 1. The maximum Gasteiger partial charge on any atom is 0.0991 e. The van der Waals surface area contributed by atoms with Crippen molar-refractivity contribution in [3.8, 4) is 6.07 Å². The maximum absolute atomic E-state index is 9.14. The summed E-state index contributed by atoms with van der Waals surface area (Å²) in [5, 5.41) is 24.0. The molecule has 0 radical (unpaired) electrons. The second-order valence-corrected chi connectivity index (χ2v) is 11.5. The first kappa shape index (κ1) is 29.3. The van der Waals surface area contributed by atoms with Crippen molar-refractivity contribution in [2.75, 3.05) is 20.1 Å². The van der Waals surface area contributed by atoms with Crippen LogP contribution < -0.4 is 21.3 Å². The van der Waals surface area contributed by atoms with E-state index in [9.17, 15) is 0 Å². The molecule has 2 aromatic carbocycles. The molecule has 1 saturated heterocycles. The van der Waals surface area contributed by atoms with E-state index in [2.05, 4.69) is 78.1 Å². The molecule has 5 nitrogen and oxygen atoms in total. The number of hydrogen-bond donors (Lipinski definition) is 4. The van der Waals surface area contributed by atoms with Gasteiger partial charge in [0.15, 0.2) is 0 Å². The number of rotatable bonds is 15. The van der Waals surface area contributed by atoms with Crippen molar-refractivity contribution in [3.05, 3.63) is 76.9 Å². The van der Waals surface area contributed by atoms with Gasteiger partial charge in [0.05, 0.1) is 17.8 Å². The molecule has 4 N–H and O–H groups in total. The van der Waals surface area contributed by atoms with Gasteiger partial charge in [-0.05, 0) is 104 Å². The van der Waals surface area contributed by atoms with Crippen LogP contribution in [0.4, 0.5) is 0 Å². The molecule has 39 heavy (non-hydrogen) atoms. The highest BCUT2D eigenvalue weighted by atomic mass is 15.2. The van der Waals surface area contributed by atoms with Gasteiger partial charge >= 0.3 is 0 Å². The van der Waals surface area contributed by atoms with E-state index in [1.54, 1.807) is 0 Å². The van der Waals surface area contributed by atoms with Crippen LogP contribution in [0.15, 0.2) is 49.0 Å². The third-order valence-electron chi connectivity index (χ3n) is 8.82.